The molecule has 0 saturated carbocycles. The monoisotopic (exact) mass is 358 g/mol. The maximum absolute atomic E-state index is 12.5. The summed E-state index contributed by atoms with van der Waals surface area (Å²) in [6, 6.07) is 13.2. The summed E-state index contributed by atoms with van der Waals surface area (Å²) < 4.78 is 0. The largest absolute Gasteiger partial charge is 0.327 e. The van der Waals surface area contributed by atoms with Crippen molar-refractivity contribution in [2.75, 3.05) is 11.9 Å². The van der Waals surface area contributed by atoms with Gasteiger partial charge in [-0.05, 0) is 43.5 Å². The Morgan fingerprint density at radius 2 is 1.80 bits per heavy atom. The second-order valence-corrected chi connectivity index (χ2v) is 6.63. The van der Waals surface area contributed by atoms with E-state index in [1.54, 1.807) is 11.0 Å². The van der Waals surface area contributed by atoms with Gasteiger partial charge in [-0.15, -0.1) is 0 Å². The number of aryl methyl sites for hydroxylation is 2. The number of nitrogens with one attached hydrogen (secondary N) is 1. The Kier molecular flexibility index (Phi) is 6.21. The van der Waals surface area contributed by atoms with Gasteiger partial charge in [-0.3, -0.25) is 9.59 Å². The van der Waals surface area contributed by atoms with Crippen LogP contribution in [0.25, 0.3) is 0 Å². The lowest BCUT2D eigenvalue weighted by molar-refractivity contribution is -0.134. The van der Waals surface area contributed by atoms with Gasteiger partial charge >= 0.3 is 0 Å². The van der Waals surface area contributed by atoms with Crippen molar-refractivity contribution in [3.63, 3.8) is 0 Å². The summed E-state index contributed by atoms with van der Waals surface area (Å²) in [6.07, 6.45) is 0. The summed E-state index contributed by atoms with van der Waals surface area (Å²) in [5.41, 5.74) is 3.50. The number of amides is 2. The van der Waals surface area contributed by atoms with Gasteiger partial charge in [0, 0.05) is 6.92 Å². The minimum Gasteiger partial charge on any atom is -0.327 e. The summed E-state index contributed by atoms with van der Waals surface area (Å²) in [5.74, 6) is -0.426. The van der Waals surface area contributed by atoms with Crippen LogP contribution in [0.5, 0.6) is 0 Å². The maximum Gasteiger partial charge on any atom is 0.244 e. The number of nitrogens with zero attached hydrogens (tertiary/aromatic N) is 1. The first-order valence-corrected chi connectivity index (χ1v) is 8.56. The van der Waals surface area contributed by atoms with Gasteiger partial charge in [0.15, 0.2) is 0 Å². The number of hydrogen-bond acceptors (Lipinski definition) is 2. The molecule has 1 N–H and O–H groups in total. The molecular formula is C20H23ClN2O2. The van der Waals surface area contributed by atoms with Gasteiger partial charge in [0.05, 0.1) is 16.8 Å². The summed E-state index contributed by atoms with van der Waals surface area (Å²) in [5, 5.41) is 3.33. The van der Waals surface area contributed by atoms with Gasteiger partial charge in [-0.2, -0.15) is 0 Å². The zero-order valence-corrected chi connectivity index (χ0v) is 15.7. The van der Waals surface area contributed by atoms with Crippen LogP contribution in [0.1, 0.15) is 36.6 Å². The second-order valence-electron chi connectivity index (χ2n) is 6.22. The summed E-state index contributed by atoms with van der Waals surface area (Å²) in [7, 11) is 0. The molecule has 0 heterocycles. The molecule has 1 unspecified atom stereocenters. The summed E-state index contributed by atoms with van der Waals surface area (Å²) >= 11 is 6.24. The summed E-state index contributed by atoms with van der Waals surface area (Å²) in [6.45, 7) is 7.19. The molecule has 0 aromatic heterocycles. The van der Waals surface area contributed by atoms with Gasteiger partial charge in [0.2, 0.25) is 11.8 Å². The quantitative estimate of drug-likeness (QED) is 0.855. The van der Waals surface area contributed by atoms with E-state index in [2.05, 4.69) is 5.32 Å². The molecule has 0 saturated heterocycles. The van der Waals surface area contributed by atoms with Gasteiger partial charge in [0.25, 0.3) is 0 Å². The van der Waals surface area contributed by atoms with Crippen molar-refractivity contribution in [2.45, 2.75) is 33.7 Å². The Bertz CT molecular complexity index is 752. The van der Waals surface area contributed by atoms with Crippen LogP contribution in [0.4, 0.5) is 5.69 Å². The summed E-state index contributed by atoms with van der Waals surface area (Å²) in [4.78, 5) is 26.1. The number of hydrogen-bond donors (Lipinski definition) is 1. The highest BCUT2D eigenvalue weighted by Crippen LogP contribution is 2.27. The molecule has 2 amide bonds. The van der Waals surface area contributed by atoms with E-state index >= 15 is 0 Å². The van der Waals surface area contributed by atoms with Crippen LogP contribution in [0.2, 0.25) is 5.02 Å². The Labute approximate surface area is 153 Å². The third kappa shape index (κ3) is 4.83. The smallest absolute Gasteiger partial charge is 0.244 e. The molecule has 0 aliphatic heterocycles. The van der Waals surface area contributed by atoms with Crippen LogP contribution in [-0.4, -0.2) is 23.3 Å². The molecule has 0 aliphatic carbocycles. The van der Waals surface area contributed by atoms with Crippen molar-refractivity contribution in [3.05, 3.63) is 64.2 Å². The van der Waals surface area contributed by atoms with Crippen LogP contribution >= 0.6 is 11.6 Å². The van der Waals surface area contributed by atoms with Crippen LogP contribution < -0.4 is 5.32 Å². The van der Waals surface area contributed by atoms with Crippen molar-refractivity contribution < 1.29 is 9.59 Å². The molecule has 4 nitrogen and oxygen atoms in total. The zero-order valence-electron chi connectivity index (χ0n) is 15.0. The van der Waals surface area contributed by atoms with E-state index < -0.39 is 0 Å². The first kappa shape index (κ1) is 19.0. The third-order valence-corrected chi connectivity index (χ3v) is 4.46. The highest BCUT2D eigenvalue weighted by molar-refractivity contribution is 6.34. The molecular weight excluding hydrogens is 336 g/mol. The SMILES string of the molecule is CC(=O)N(CC(=O)Nc1c(C)cc(C)cc1Cl)C(C)c1ccccc1. The highest BCUT2D eigenvalue weighted by Gasteiger charge is 2.22. The van der Waals surface area contributed by atoms with Crippen molar-refractivity contribution >= 4 is 29.1 Å². The number of anilines is 1. The van der Waals surface area contributed by atoms with E-state index in [1.165, 1.54) is 6.92 Å². The normalized spacial score (nSPS) is 11.7. The van der Waals surface area contributed by atoms with Gasteiger partial charge in [0.1, 0.15) is 6.54 Å². The topological polar surface area (TPSA) is 49.4 Å². The van der Waals surface area contributed by atoms with Gasteiger partial charge in [-0.25, -0.2) is 0 Å². The standard InChI is InChI=1S/C20H23ClN2O2/c1-13-10-14(2)20(18(21)11-13)22-19(25)12-23(16(4)24)15(3)17-8-6-5-7-9-17/h5-11,15H,12H2,1-4H3,(H,22,25). The maximum atomic E-state index is 12.5. The molecule has 0 aliphatic rings. The fourth-order valence-corrected chi connectivity index (χ4v) is 3.21. The molecule has 2 aromatic rings. The first-order chi connectivity index (χ1) is 11.8. The van der Waals surface area contributed by atoms with Crippen LogP contribution in [0, 0.1) is 13.8 Å². The average molecular weight is 359 g/mol. The molecule has 2 aromatic carbocycles. The van der Waals surface area contributed by atoms with E-state index in [1.807, 2.05) is 57.2 Å². The lowest BCUT2D eigenvalue weighted by Crippen LogP contribution is -2.38. The molecule has 0 bridgehead atoms. The van der Waals surface area contributed by atoms with Crippen molar-refractivity contribution in [1.29, 1.82) is 0 Å². The van der Waals surface area contributed by atoms with E-state index in [-0.39, 0.29) is 24.4 Å². The molecule has 0 fully saturated rings. The lowest BCUT2D eigenvalue weighted by atomic mass is 10.1. The number of carbonyl (C=O) groups is 2. The average Bonchev–Trinajstić information content (AvgIpc) is 2.56. The zero-order chi connectivity index (χ0) is 18.6. The molecule has 1 atom stereocenters. The van der Waals surface area contributed by atoms with E-state index in [4.69, 9.17) is 11.6 Å². The number of benzene rings is 2. The van der Waals surface area contributed by atoms with Crippen molar-refractivity contribution in [2.24, 2.45) is 0 Å². The fourth-order valence-electron chi connectivity index (χ4n) is 2.84. The molecule has 132 valence electrons. The van der Waals surface area contributed by atoms with E-state index in [0.29, 0.717) is 10.7 Å². The predicted molar refractivity (Wildman–Crippen MR) is 102 cm³/mol. The van der Waals surface area contributed by atoms with Crippen molar-refractivity contribution in [3.8, 4) is 0 Å². The number of rotatable bonds is 5. The Hall–Kier alpha value is -2.33. The minimum absolute atomic E-state index is 0.0327. The Morgan fingerprint density at radius 3 is 2.36 bits per heavy atom. The van der Waals surface area contributed by atoms with Gasteiger partial charge in [-0.1, -0.05) is 48.0 Å². The van der Waals surface area contributed by atoms with Crippen LogP contribution in [0.15, 0.2) is 42.5 Å². The third-order valence-electron chi connectivity index (χ3n) is 4.16. The van der Waals surface area contributed by atoms with Crippen molar-refractivity contribution in [1.82, 2.24) is 4.90 Å². The minimum atomic E-state index is -0.271. The van der Waals surface area contributed by atoms with E-state index in [9.17, 15) is 9.59 Å². The van der Waals surface area contributed by atoms with Gasteiger partial charge < -0.3 is 10.2 Å². The highest BCUT2D eigenvalue weighted by atomic mass is 35.5. The van der Waals surface area contributed by atoms with Crippen LogP contribution in [0.3, 0.4) is 0 Å². The van der Waals surface area contributed by atoms with Crippen LogP contribution in [-0.2, 0) is 9.59 Å². The molecule has 0 radical (unpaired) electrons. The second kappa shape index (κ2) is 8.17. The molecule has 0 spiro atoms. The predicted octanol–water partition coefficient (Wildman–Crippen LogP) is 4.51. The molecule has 25 heavy (non-hydrogen) atoms. The Morgan fingerprint density at radius 1 is 1.16 bits per heavy atom. The Balaban J connectivity index is 2.15. The molecule has 5 heteroatoms. The van der Waals surface area contributed by atoms with E-state index in [0.717, 1.165) is 16.7 Å². The first-order valence-electron chi connectivity index (χ1n) is 8.18. The molecule has 2 rings (SSSR count). The number of carbonyl (C=O) groups excluding carboxylic acids is 2. The lowest BCUT2D eigenvalue weighted by Gasteiger charge is -2.28. The fraction of sp³-hybridized carbons (Fsp3) is 0.300. The number of halogens is 1.